The van der Waals surface area contributed by atoms with E-state index in [9.17, 15) is 0 Å². The van der Waals surface area contributed by atoms with Crippen molar-refractivity contribution in [3.05, 3.63) is 175 Å². The van der Waals surface area contributed by atoms with Crippen molar-refractivity contribution in [3.8, 4) is 22.3 Å². The Morgan fingerprint density at radius 3 is 2.02 bits per heavy atom. The van der Waals surface area contributed by atoms with E-state index in [4.69, 9.17) is 8.83 Å². The second kappa shape index (κ2) is 10.7. The van der Waals surface area contributed by atoms with Gasteiger partial charge in [0.05, 0.1) is 11.4 Å². The van der Waals surface area contributed by atoms with Crippen molar-refractivity contribution in [3.63, 3.8) is 0 Å². The Hall–Kier alpha value is -6.58. The van der Waals surface area contributed by atoms with Gasteiger partial charge in [-0.15, -0.1) is 0 Å². The van der Waals surface area contributed by atoms with E-state index in [0.717, 1.165) is 72.1 Å². The average Bonchev–Trinajstić information content (AvgIpc) is 3.83. The van der Waals surface area contributed by atoms with Gasteiger partial charge in [0.2, 0.25) is 0 Å². The Balaban J connectivity index is 1.27. The Bertz CT molecular complexity index is 3050. The minimum atomic E-state index is -0.152. The molecule has 1 aliphatic rings. The van der Waals surface area contributed by atoms with Crippen LogP contribution in [0.1, 0.15) is 25.0 Å². The minimum absolute atomic E-state index is 0.152. The lowest BCUT2D eigenvalue weighted by Gasteiger charge is -2.29. The van der Waals surface area contributed by atoms with Gasteiger partial charge in [-0.2, -0.15) is 0 Å². The van der Waals surface area contributed by atoms with Crippen molar-refractivity contribution in [1.29, 1.82) is 0 Å². The monoisotopic (exact) mass is 667 g/mol. The molecule has 0 radical (unpaired) electrons. The fraction of sp³-hybridized carbons (Fsp3) is 0.0612. The molecule has 3 nitrogen and oxygen atoms in total. The summed E-state index contributed by atoms with van der Waals surface area (Å²) in [4.78, 5) is 2.42. The zero-order chi connectivity index (χ0) is 34.6. The molecule has 2 aromatic heterocycles. The van der Waals surface area contributed by atoms with Crippen LogP contribution >= 0.6 is 0 Å². The molecule has 2 heterocycles. The quantitative estimate of drug-likeness (QED) is 0.187. The molecule has 8 aromatic carbocycles. The van der Waals surface area contributed by atoms with Crippen LogP contribution in [0.3, 0.4) is 0 Å². The zero-order valence-electron chi connectivity index (χ0n) is 28.9. The molecular weight excluding hydrogens is 635 g/mol. The standard InChI is InChI=1S/C49H33NO2/c1-49(2)39-20-10-8-18-35(39)36-24-23-33(29-40(36)49)50(41-21-12-16-31-15-6-7-17-34(31)41)42-28-32(30-13-4-3-5-14-30)27-38-47-45(52-48(38)42)26-25-44-46(47)37-19-9-11-22-43(37)51-44/h3-29H,1-2H3. The Morgan fingerprint density at radius 2 is 1.13 bits per heavy atom. The summed E-state index contributed by atoms with van der Waals surface area (Å²) in [5.74, 6) is 0. The summed E-state index contributed by atoms with van der Waals surface area (Å²) in [5, 5.41) is 6.65. The molecule has 0 amide bonds. The van der Waals surface area contributed by atoms with Gasteiger partial charge in [0.1, 0.15) is 16.7 Å². The molecule has 1 aliphatic carbocycles. The van der Waals surface area contributed by atoms with Crippen LogP contribution < -0.4 is 4.90 Å². The minimum Gasteiger partial charge on any atom is -0.456 e. The van der Waals surface area contributed by atoms with E-state index in [2.05, 4.69) is 164 Å². The van der Waals surface area contributed by atoms with Crippen LogP contribution in [0.15, 0.2) is 173 Å². The van der Waals surface area contributed by atoms with Gasteiger partial charge < -0.3 is 13.7 Å². The van der Waals surface area contributed by atoms with E-state index in [1.165, 1.54) is 33.0 Å². The van der Waals surface area contributed by atoms with Gasteiger partial charge in [0.25, 0.3) is 0 Å². The maximum atomic E-state index is 7.04. The Morgan fingerprint density at radius 1 is 0.442 bits per heavy atom. The van der Waals surface area contributed by atoms with Crippen LogP contribution in [0, 0.1) is 0 Å². The third kappa shape index (κ3) is 4.08. The van der Waals surface area contributed by atoms with Crippen LogP contribution in [-0.4, -0.2) is 0 Å². The van der Waals surface area contributed by atoms with Crippen molar-refractivity contribution in [2.24, 2.45) is 0 Å². The topological polar surface area (TPSA) is 29.5 Å². The van der Waals surface area contributed by atoms with Crippen molar-refractivity contribution < 1.29 is 8.83 Å². The fourth-order valence-corrected chi connectivity index (χ4v) is 8.77. The fourth-order valence-electron chi connectivity index (χ4n) is 8.77. The molecule has 11 rings (SSSR count). The first kappa shape index (κ1) is 29.2. The van der Waals surface area contributed by atoms with E-state index in [1.807, 2.05) is 18.2 Å². The van der Waals surface area contributed by atoms with Crippen LogP contribution in [0.25, 0.3) is 76.9 Å². The molecule has 52 heavy (non-hydrogen) atoms. The number of nitrogens with zero attached hydrogens (tertiary/aromatic N) is 1. The van der Waals surface area contributed by atoms with Crippen LogP contribution in [0.2, 0.25) is 0 Å². The molecule has 0 aliphatic heterocycles. The van der Waals surface area contributed by atoms with E-state index in [1.54, 1.807) is 0 Å². The summed E-state index contributed by atoms with van der Waals surface area (Å²) in [6, 6.07) is 58.7. The van der Waals surface area contributed by atoms with Gasteiger partial charge in [-0.1, -0.05) is 129 Å². The molecule has 0 saturated heterocycles. The summed E-state index contributed by atoms with van der Waals surface area (Å²) in [6.45, 7) is 4.69. The second-order valence-electron chi connectivity index (χ2n) is 14.5. The molecule has 0 atom stereocenters. The summed E-state index contributed by atoms with van der Waals surface area (Å²) >= 11 is 0. The first-order valence-corrected chi connectivity index (χ1v) is 17.9. The smallest absolute Gasteiger partial charge is 0.159 e. The van der Waals surface area contributed by atoms with Gasteiger partial charge in [0, 0.05) is 38.0 Å². The number of hydrogen-bond donors (Lipinski definition) is 0. The Labute approximate surface area is 301 Å². The van der Waals surface area contributed by atoms with Gasteiger partial charge in [-0.05, 0) is 87.3 Å². The summed E-state index contributed by atoms with van der Waals surface area (Å²) < 4.78 is 13.4. The van der Waals surface area contributed by atoms with E-state index >= 15 is 0 Å². The normalized spacial score (nSPS) is 13.3. The number of hydrogen-bond acceptors (Lipinski definition) is 3. The van der Waals surface area contributed by atoms with E-state index in [0.29, 0.717) is 0 Å². The third-order valence-electron chi connectivity index (χ3n) is 11.2. The van der Waals surface area contributed by atoms with Crippen molar-refractivity contribution in [2.75, 3.05) is 4.90 Å². The zero-order valence-corrected chi connectivity index (χ0v) is 28.9. The van der Waals surface area contributed by atoms with Gasteiger partial charge in [-0.25, -0.2) is 0 Å². The first-order chi connectivity index (χ1) is 25.5. The molecule has 246 valence electrons. The average molecular weight is 668 g/mol. The lowest BCUT2D eigenvalue weighted by Crippen LogP contribution is -2.16. The predicted octanol–water partition coefficient (Wildman–Crippen LogP) is 14.1. The number of anilines is 3. The van der Waals surface area contributed by atoms with E-state index in [-0.39, 0.29) is 5.41 Å². The van der Waals surface area contributed by atoms with E-state index < -0.39 is 0 Å². The Kier molecular flexibility index (Phi) is 6.01. The SMILES string of the molecule is CC1(C)c2ccccc2-c2ccc(N(c3cccc4ccccc34)c3cc(-c4ccccc4)cc4c3oc3ccc5oc6ccccc6c5c34)cc21. The summed E-state index contributed by atoms with van der Waals surface area (Å²) in [7, 11) is 0. The lowest BCUT2D eigenvalue weighted by atomic mass is 9.82. The highest BCUT2D eigenvalue weighted by atomic mass is 16.3. The largest absolute Gasteiger partial charge is 0.456 e. The van der Waals surface area contributed by atoms with Crippen LogP contribution in [0.5, 0.6) is 0 Å². The highest BCUT2D eigenvalue weighted by molar-refractivity contribution is 6.27. The molecule has 0 fully saturated rings. The molecule has 0 spiro atoms. The number of fused-ring (bicyclic) bond motifs is 11. The number of furan rings is 2. The highest BCUT2D eigenvalue weighted by Gasteiger charge is 2.36. The summed E-state index contributed by atoms with van der Waals surface area (Å²) in [6.07, 6.45) is 0. The number of benzene rings is 8. The number of para-hydroxylation sites is 1. The third-order valence-corrected chi connectivity index (χ3v) is 11.2. The molecule has 0 saturated carbocycles. The second-order valence-corrected chi connectivity index (χ2v) is 14.5. The molecular formula is C49H33NO2. The van der Waals surface area contributed by atoms with Crippen molar-refractivity contribution in [1.82, 2.24) is 0 Å². The highest BCUT2D eigenvalue weighted by Crippen LogP contribution is 2.53. The predicted molar refractivity (Wildman–Crippen MR) is 216 cm³/mol. The number of rotatable bonds is 4. The summed E-state index contributed by atoms with van der Waals surface area (Å²) in [5.41, 5.74) is 14.0. The first-order valence-electron chi connectivity index (χ1n) is 17.9. The van der Waals surface area contributed by atoms with Crippen LogP contribution in [-0.2, 0) is 5.41 Å². The van der Waals surface area contributed by atoms with Gasteiger partial charge in [-0.3, -0.25) is 0 Å². The van der Waals surface area contributed by atoms with Crippen LogP contribution in [0.4, 0.5) is 17.1 Å². The maximum Gasteiger partial charge on any atom is 0.159 e. The lowest BCUT2D eigenvalue weighted by molar-refractivity contribution is 0.660. The molecule has 0 bridgehead atoms. The van der Waals surface area contributed by atoms with Crippen molar-refractivity contribution in [2.45, 2.75) is 19.3 Å². The molecule has 0 N–H and O–H groups in total. The molecule has 10 aromatic rings. The molecule has 3 heteroatoms. The van der Waals surface area contributed by atoms with Gasteiger partial charge >= 0.3 is 0 Å². The maximum absolute atomic E-state index is 7.04. The van der Waals surface area contributed by atoms with Crippen molar-refractivity contribution >= 4 is 71.7 Å². The van der Waals surface area contributed by atoms with Gasteiger partial charge in [0.15, 0.2) is 5.58 Å². The molecule has 0 unspecified atom stereocenters.